The van der Waals surface area contributed by atoms with E-state index in [2.05, 4.69) is 10.6 Å². The minimum absolute atomic E-state index is 0.147. The van der Waals surface area contributed by atoms with Gasteiger partial charge in [-0.15, -0.1) is 0 Å². The van der Waals surface area contributed by atoms with Gasteiger partial charge in [0.15, 0.2) is 11.5 Å². The van der Waals surface area contributed by atoms with Crippen LogP contribution in [0.4, 0.5) is 5.69 Å². The molecule has 7 nitrogen and oxygen atoms in total. The Morgan fingerprint density at radius 3 is 2.82 bits per heavy atom. The largest absolute Gasteiger partial charge is 0.496 e. The van der Waals surface area contributed by atoms with Crippen LogP contribution in [0.1, 0.15) is 22.3 Å². The summed E-state index contributed by atoms with van der Waals surface area (Å²) in [6.07, 6.45) is 2.34. The Hall–Kier alpha value is -3.32. The molecule has 0 aromatic heterocycles. The fraction of sp³-hybridized carbons (Fsp3) is 0.238. The van der Waals surface area contributed by atoms with E-state index in [9.17, 15) is 9.59 Å². The van der Waals surface area contributed by atoms with Crippen LogP contribution in [-0.4, -0.2) is 39.2 Å². The van der Waals surface area contributed by atoms with Gasteiger partial charge >= 0.3 is 0 Å². The Kier molecular flexibility index (Phi) is 6.29. The molecule has 146 valence electrons. The zero-order valence-electron chi connectivity index (χ0n) is 15.8. The number of nitrogens with one attached hydrogen (secondary N) is 2. The Morgan fingerprint density at radius 2 is 2.04 bits per heavy atom. The molecular weight excluding hydrogens is 360 g/mol. The third-order valence-electron chi connectivity index (χ3n) is 4.17. The maximum absolute atomic E-state index is 12.4. The Labute approximate surface area is 163 Å². The maximum atomic E-state index is 12.4. The van der Waals surface area contributed by atoms with Gasteiger partial charge in [-0.05, 0) is 36.8 Å². The lowest BCUT2D eigenvalue weighted by Gasteiger charge is -2.20. The van der Waals surface area contributed by atoms with Crippen LogP contribution in [0.15, 0.2) is 48.2 Å². The van der Waals surface area contributed by atoms with E-state index in [4.69, 9.17) is 14.2 Å². The van der Waals surface area contributed by atoms with Gasteiger partial charge in [0.1, 0.15) is 5.75 Å². The molecule has 1 aliphatic rings. The number of rotatable bonds is 7. The van der Waals surface area contributed by atoms with Crippen LogP contribution in [0.3, 0.4) is 0 Å². The Balaban J connectivity index is 1.76. The van der Waals surface area contributed by atoms with E-state index in [0.29, 0.717) is 35.9 Å². The lowest BCUT2D eigenvalue weighted by atomic mass is 10.1. The summed E-state index contributed by atoms with van der Waals surface area (Å²) in [5.74, 6) is 0.641. The van der Waals surface area contributed by atoms with Gasteiger partial charge in [-0.3, -0.25) is 9.59 Å². The summed E-state index contributed by atoms with van der Waals surface area (Å²) >= 11 is 0. The van der Waals surface area contributed by atoms with Crippen molar-refractivity contribution in [3.8, 4) is 11.5 Å². The van der Waals surface area contributed by atoms with E-state index in [1.165, 1.54) is 0 Å². The molecule has 7 heteroatoms. The van der Waals surface area contributed by atoms with Gasteiger partial charge < -0.3 is 24.8 Å². The zero-order valence-corrected chi connectivity index (χ0v) is 15.8. The molecule has 1 heterocycles. The number of hydrogen-bond donors (Lipinski definition) is 2. The van der Waals surface area contributed by atoms with Crippen molar-refractivity contribution in [3.05, 3.63) is 59.4 Å². The van der Waals surface area contributed by atoms with E-state index < -0.39 is 5.91 Å². The molecular formula is C21H22N2O5. The molecule has 0 saturated carbocycles. The SMILES string of the molecule is COCCCNC(=O)c1ccc2c(c1)NC(=O)/C(=C/c1ccccc1OC)O2. The first-order valence-electron chi connectivity index (χ1n) is 8.87. The van der Waals surface area contributed by atoms with Crippen LogP contribution in [-0.2, 0) is 9.53 Å². The summed E-state index contributed by atoms with van der Waals surface area (Å²) < 4.78 is 16.0. The molecule has 28 heavy (non-hydrogen) atoms. The summed E-state index contributed by atoms with van der Waals surface area (Å²) in [5, 5.41) is 5.57. The summed E-state index contributed by atoms with van der Waals surface area (Å²) in [4.78, 5) is 24.6. The van der Waals surface area contributed by atoms with Gasteiger partial charge in [-0.2, -0.15) is 0 Å². The number of fused-ring (bicyclic) bond motifs is 1. The van der Waals surface area contributed by atoms with Crippen LogP contribution in [0, 0.1) is 0 Å². The maximum Gasteiger partial charge on any atom is 0.291 e. The highest BCUT2D eigenvalue weighted by Crippen LogP contribution is 2.33. The van der Waals surface area contributed by atoms with E-state index in [-0.39, 0.29) is 11.7 Å². The number of benzene rings is 2. The first-order valence-corrected chi connectivity index (χ1v) is 8.87. The Bertz CT molecular complexity index is 907. The number of hydrogen-bond acceptors (Lipinski definition) is 5. The average molecular weight is 382 g/mol. The number of ether oxygens (including phenoxy) is 3. The second-order valence-corrected chi connectivity index (χ2v) is 6.12. The van der Waals surface area contributed by atoms with Gasteiger partial charge in [0, 0.05) is 31.4 Å². The van der Waals surface area contributed by atoms with E-state index >= 15 is 0 Å². The summed E-state index contributed by atoms with van der Waals surface area (Å²) in [6.45, 7) is 1.09. The standard InChI is InChI=1S/C21H22N2O5/c1-26-11-5-10-22-20(24)15-8-9-18-16(12-15)23-21(25)19(28-18)13-14-6-3-4-7-17(14)27-2/h3-4,6-9,12-13H,5,10-11H2,1-2H3,(H,22,24)(H,23,25)/b19-13-. The van der Waals surface area contributed by atoms with E-state index in [1.54, 1.807) is 44.6 Å². The zero-order chi connectivity index (χ0) is 19.9. The molecule has 2 amide bonds. The van der Waals surface area contributed by atoms with Gasteiger partial charge in [0.05, 0.1) is 12.8 Å². The summed E-state index contributed by atoms with van der Waals surface area (Å²) in [5.41, 5.74) is 1.62. The molecule has 1 aliphatic heterocycles. The molecule has 3 rings (SSSR count). The normalized spacial score (nSPS) is 14.1. The third kappa shape index (κ3) is 4.50. The van der Waals surface area contributed by atoms with Gasteiger partial charge in [0.25, 0.3) is 11.8 Å². The van der Waals surface area contributed by atoms with Gasteiger partial charge in [0.2, 0.25) is 0 Å². The van der Waals surface area contributed by atoms with Crippen molar-refractivity contribution in [2.45, 2.75) is 6.42 Å². The molecule has 0 aliphatic carbocycles. The highest BCUT2D eigenvalue weighted by Gasteiger charge is 2.23. The molecule has 0 radical (unpaired) electrons. The predicted octanol–water partition coefficient (Wildman–Crippen LogP) is 2.83. The van der Waals surface area contributed by atoms with Crippen LogP contribution in [0.2, 0.25) is 0 Å². The van der Waals surface area contributed by atoms with Crippen molar-refractivity contribution < 1.29 is 23.8 Å². The average Bonchev–Trinajstić information content (AvgIpc) is 2.71. The van der Waals surface area contributed by atoms with E-state index in [1.807, 2.05) is 18.2 Å². The van der Waals surface area contributed by atoms with Crippen LogP contribution < -0.4 is 20.1 Å². The fourth-order valence-corrected chi connectivity index (χ4v) is 2.75. The molecule has 2 aromatic carbocycles. The van der Waals surface area contributed by atoms with Crippen molar-refractivity contribution in [1.82, 2.24) is 5.32 Å². The minimum atomic E-state index is -0.393. The highest BCUT2D eigenvalue weighted by atomic mass is 16.5. The van der Waals surface area contributed by atoms with Crippen molar-refractivity contribution in [3.63, 3.8) is 0 Å². The van der Waals surface area contributed by atoms with Crippen molar-refractivity contribution in [1.29, 1.82) is 0 Å². The number of methoxy groups -OCH3 is 2. The number of carbonyl (C=O) groups is 2. The van der Waals surface area contributed by atoms with Crippen LogP contribution >= 0.6 is 0 Å². The van der Waals surface area contributed by atoms with Gasteiger partial charge in [-0.1, -0.05) is 18.2 Å². The Morgan fingerprint density at radius 1 is 1.21 bits per heavy atom. The second-order valence-electron chi connectivity index (χ2n) is 6.12. The molecule has 0 atom stereocenters. The topological polar surface area (TPSA) is 85.9 Å². The summed E-state index contributed by atoms with van der Waals surface area (Å²) in [6, 6.07) is 12.2. The number of carbonyl (C=O) groups excluding carboxylic acids is 2. The van der Waals surface area contributed by atoms with Crippen molar-refractivity contribution in [2.75, 3.05) is 32.7 Å². The minimum Gasteiger partial charge on any atom is -0.496 e. The molecule has 0 spiro atoms. The molecule has 0 bridgehead atoms. The number of amides is 2. The second kappa shape index (κ2) is 9.05. The lowest BCUT2D eigenvalue weighted by Crippen LogP contribution is -2.27. The molecule has 0 saturated heterocycles. The van der Waals surface area contributed by atoms with Gasteiger partial charge in [-0.25, -0.2) is 0 Å². The predicted molar refractivity (Wildman–Crippen MR) is 105 cm³/mol. The number of anilines is 1. The first-order chi connectivity index (χ1) is 13.6. The van der Waals surface area contributed by atoms with Crippen LogP contribution in [0.5, 0.6) is 11.5 Å². The molecule has 0 unspecified atom stereocenters. The summed E-state index contributed by atoms with van der Waals surface area (Å²) in [7, 11) is 3.18. The molecule has 0 fully saturated rings. The van der Waals surface area contributed by atoms with Crippen LogP contribution in [0.25, 0.3) is 6.08 Å². The van der Waals surface area contributed by atoms with E-state index in [0.717, 1.165) is 12.0 Å². The first kappa shape index (κ1) is 19.4. The van der Waals surface area contributed by atoms with Crippen molar-refractivity contribution in [2.24, 2.45) is 0 Å². The highest BCUT2D eigenvalue weighted by molar-refractivity contribution is 6.09. The number of para-hydroxylation sites is 1. The smallest absolute Gasteiger partial charge is 0.291 e. The molecule has 2 N–H and O–H groups in total. The van der Waals surface area contributed by atoms with Crippen molar-refractivity contribution >= 4 is 23.6 Å². The molecule has 2 aromatic rings. The lowest BCUT2D eigenvalue weighted by molar-refractivity contribution is -0.115. The quantitative estimate of drug-likeness (QED) is 0.568. The monoisotopic (exact) mass is 382 g/mol. The third-order valence-corrected chi connectivity index (χ3v) is 4.17. The fourth-order valence-electron chi connectivity index (χ4n) is 2.75.